The minimum absolute atomic E-state index is 0.00160. The lowest BCUT2D eigenvalue weighted by molar-refractivity contribution is 1.39. The molecule has 0 unspecified atom stereocenters. The SMILES string of the molecule is O=c1cc[nH]c2ccc(C#CCCl)cc12. The van der Waals surface area contributed by atoms with Gasteiger partial charge in [0.2, 0.25) is 0 Å². The fourth-order valence-electron chi connectivity index (χ4n) is 1.38. The molecule has 0 radical (unpaired) electrons. The predicted molar refractivity (Wildman–Crippen MR) is 62.2 cm³/mol. The first-order valence-corrected chi connectivity index (χ1v) is 5.01. The Labute approximate surface area is 91.9 Å². The van der Waals surface area contributed by atoms with Gasteiger partial charge in [0.05, 0.1) is 5.88 Å². The molecule has 2 aromatic rings. The van der Waals surface area contributed by atoms with Gasteiger partial charge >= 0.3 is 0 Å². The molecule has 15 heavy (non-hydrogen) atoms. The Bertz CT molecular complexity index is 604. The highest BCUT2D eigenvalue weighted by molar-refractivity contribution is 6.19. The van der Waals surface area contributed by atoms with Crippen molar-refractivity contribution in [2.24, 2.45) is 0 Å². The number of aromatic nitrogens is 1. The van der Waals surface area contributed by atoms with Crippen molar-refractivity contribution < 1.29 is 0 Å². The van der Waals surface area contributed by atoms with Crippen molar-refractivity contribution in [1.29, 1.82) is 0 Å². The van der Waals surface area contributed by atoms with Crippen LogP contribution < -0.4 is 5.43 Å². The number of benzene rings is 1. The Hall–Kier alpha value is -1.72. The second-order valence-corrected chi connectivity index (χ2v) is 3.30. The van der Waals surface area contributed by atoms with Crippen molar-refractivity contribution in [3.8, 4) is 11.8 Å². The zero-order valence-corrected chi connectivity index (χ0v) is 8.64. The van der Waals surface area contributed by atoms with E-state index in [9.17, 15) is 4.79 Å². The molecule has 74 valence electrons. The van der Waals surface area contributed by atoms with Gasteiger partial charge in [0.15, 0.2) is 5.43 Å². The van der Waals surface area contributed by atoms with E-state index in [4.69, 9.17) is 11.6 Å². The normalized spacial score (nSPS) is 9.67. The third-order valence-electron chi connectivity index (χ3n) is 2.06. The van der Waals surface area contributed by atoms with Crippen LogP contribution in [-0.4, -0.2) is 10.9 Å². The first-order chi connectivity index (χ1) is 7.31. The number of alkyl halides is 1. The van der Waals surface area contributed by atoms with E-state index in [0.717, 1.165) is 11.1 Å². The molecule has 0 aliphatic rings. The lowest BCUT2D eigenvalue weighted by Gasteiger charge is -1.96. The quantitative estimate of drug-likeness (QED) is 0.532. The number of aromatic amines is 1. The topological polar surface area (TPSA) is 32.9 Å². The van der Waals surface area contributed by atoms with Crippen LogP contribution in [0.4, 0.5) is 0 Å². The van der Waals surface area contributed by atoms with Gasteiger partial charge in [-0.25, -0.2) is 0 Å². The largest absolute Gasteiger partial charge is 0.361 e. The zero-order valence-electron chi connectivity index (χ0n) is 7.88. The van der Waals surface area contributed by atoms with E-state index in [1.165, 1.54) is 6.07 Å². The summed E-state index contributed by atoms with van der Waals surface area (Å²) in [5, 5.41) is 0.652. The number of H-pyrrole nitrogens is 1. The van der Waals surface area contributed by atoms with E-state index in [0.29, 0.717) is 11.3 Å². The number of nitrogens with one attached hydrogen (secondary N) is 1. The van der Waals surface area contributed by atoms with Gasteiger partial charge in [-0.3, -0.25) is 4.79 Å². The fourth-order valence-corrected chi connectivity index (χ4v) is 1.45. The van der Waals surface area contributed by atoms with Crippen LogP contribution in [0, 0.1) is 11.8 Å². The van der Waals surface area contributed by atoms with E-state index in [2.05, 4.69) is 16.8 Å². The minimum atomic E-state index is -0.00160. The van der Waals surface area contributed by atoms with Gasteiger partial charge in [-0.1, -0.05) is 11.8 Å². The van der Waals surface area contributed by atoms with Crippen LogP contribution in [0.2, 0.25) is 0 Å². The number of rotatable bonds is 0. The molecule has 2 nitrogen and oxygen atoms in total. The molecule has 1 aromatic heterocycles. The second kappa shape index (κ2) is 4.20. The molecule has 0 saturated heterocycles. The molecule has 2 rings (SSSR count). The van der Waals surface area contributed by atoms with Crippen molar-refractivity contribution in [3.05, 3.63) is 46.2 Å². The standard InChI is InChI=1S/C12H8ClNO/c13-6-1-2-9-3-4-11-10(8-9)12(15)5-7-14-11/h3-5,7-8H,6H2,(H,14,15). The van der Waals surface area contributed by atoms with E-state index < -0.39 is 0 Å². The highest BCUT2D eigenvalue weighted by atomic mass is 35.5. The van der Waals surface area contributed by atoms with Crippen LogP contribution >= 0.6 is 11.6 Å². The number of halogens is 1. The summed E-state index contributed by atoms with van der Waals surface area (Å²) in [4.78, 5) is 14.5. The lowest BCUT2D eigenvalue weighted by atomic mass is 10.1. The van der Waals surface area contributed by atoms with Crippen LogP contribution in [0.25, 0.3) is 10.9 Å². The summed E-state index contributed by atoms with van der Waals surface area (Å²) >= 11 is 5.46. The molecule has 0 atom stereocenters. The Kier molecular flexibility index (Phi) is 2.75. The molecule has 0 aliphatic heterocycles. The average Bonchev–Trinajstić information content (AvgIpc) is 2.27. The maximum atomic E-state index is 11.5. The minimum Gasteiger partial charge on any atom is -0.361 e. The Morgan fingerprint density at radius 3 is 3.00 bits per heavy atom. The van der Waals surface area contributed by atoms with Crippen molar-refractivity contribution in [1.82, 2.24) is 4.98 Å². The second-order valence-electron chi connectivity index (χ2n) is 3.04. The van der Waals surface area contributed by atoms with E-state index >= 15 is 0 Å². The summed E-state index contributed by atoms with van der Waals surface area (Å²) in [6.07, 6.45) is 1.63. The third kappa shape index (κ3) is 2.03. The summed E-state index contributed by atoms with van der Waals surface area (Å²) in [6.45, 7) is 0. The summed E-state index contributed by atoms with van der Waals surface area (Å²) in [5.41, 5.74) is 1.62. The van der Waals surface area contributed by atoms with Gasteiger partial charge in [0.1, 0.15) is 0 Å². The molecule has 1 N–H and O–H groups in total. The molecule has 0 amide bonds. The van der Waals surface area contributed by atoms with Gasteiger partial charge in [0.25, 0.3) is 0 Å². The summed E-state index contributed by atoms with van der Waals surface area (Å²) in [6, 6.07) is 6.97. The van der Waals surface area contributed by atoms with Crippen LogP contribution in [0.5, 0.6) is 0 Å². The average molecular weight is 218 g/mol. The molecule has 0 aliphatic carbocycles. The molecule has 0 bridgehead atoms. The van der Waals surface area contributed by atoms with Gasteiger partial charge in [0, 0.05) is 28.7 Å². The lowest BCUT2D eigenvalue weighted by Crippen LogP contribution is -1.99. The van der Waals surface area contributed by atoms with Crippen molar-refractivity contribution in [2.75, 3.05) is 5.88 Å². The molecular formula is C12H8ClNO. The van der Waals surface area contributed by atoms with Crippen molar-refractivity contribution in [3.63, 3.8) is 0 Å². The Morgan fingerprint density at radius 2 is 2.20 bits per heavy atom. The molecular weight excluding hydrogens is 210 g/mol. The first kappa shape index (κ1) is 9.82. The van der Waals surface area contributed by atoms with E-state index in [-0.39, 0.29) is 5.43 Å². The fraction of sp³-hybridized carbons (Fsp3) is 0.0833. The van der Waals surface area contributed by atoms with Gasteiger partial charge in [-0.2, -0.15) is 0 Å². The third-order valence-corrected chi connectivity index (χ3v) is 2.19. The molecule has 1 heterocycles. The van der Waals surface area contributed by atoms with Crippen LogP contribution in [0.15, 0.2) is 35.3 Å². The summed E-state index contributed by atoms with van der Waals surface area (Å²) in [5.74, 6) is 5.93. The van der Waals surface area contributed by atoms with Gasteiger partial charge in [-0.15, -0.1) is 11.6 Å². The van der Waals surface area contributed by atoms with Crippen LogP contribution in [-0.2, 0) is 0 Å². The number of hydrogen-bond acceptors (Lipinski definition) is 1. The van der Waals surface area contributed by atoms with Gasteiger partial charge in [-0.05, 0) is 18.2 Å². The Morgan fingerprint density at radius 1 is 1.33 bits per heavy atom. The maximum absolute atomic E-state index is 11.5. The predicted octanol–water partition coefficient (Wildman–Crippen LogP) is 2.12. The Balaban J connectivity index is 2.65. The molecule has 0 spiro atoms. The number of hydrogen-bond donors (Lipinski definition) is 1. The summed E-state index contributed by atoms with van der Waals surface area (Å²) in [7, 11) is 0. The molecule has 3 heteroatoms. The molecule has 1 aromatic carbocycles. The maximum Gasteiger partial charge on any atom is 0.189 e. The van der Waals surface area contributed by atoms with Crippen molar-refractivity contribution >= 4 is 22.5 Å². The number of pyridine rings is 1. The first-order valence-electron chi connectivity index (χ1n) is 4.47. The van der Waals surface area contributed by atoms with E-state index in [1.54, 1.807) is 12.3 Å². The van der Waals surface area contributed by atoms with Gasteiger partial charge < -0.3 is 4.98 Å². The smallest absolute Gasteiger partial charge is 0.189 e. The highest BCUT2D eigenvalue weighted by Crippen LogP contribution is 2.08. The van der Waals surface area contributed by atoms with Crippen LogP contribution in [0.1, 0.15) is 5.56 Å². The monoisotopic (exact) mass is 217 g/mol. The van der Waals surface area contributed by atoms with Crippen LogP contribution in [0.3, 0.4) is 0 Å². The summed E-state index contributed by atoms with van der Waals surface area (Å²) < 4.78 is 0. The highest BCUT2D eigenvalue weighted by Gasteiger charge is 1.97. The van der Waals surface area contributed by atoms with E-state index in [1.807, 2.05) is 12.1 Å². The molecule has 0 saturated carbocycles. The van der Waals surface area contributed by atoms with Crippen molar-refractivity contribution in [2.45, 2.75) is 0 Å². The number of fused-ring (bicyclic) bond motifs is 1. The zero-order chi connectivity index (χ0) is 10.7. The molecule has 0 fully saturated rings.